The highest BCUT2D eigenvalue weighted by atomic mass is 79.9. The highest BCUT2D eigenvalue weighted by molar-refractivity contribution is 9.10. The molecule has 0 amide bonds. The van der Waals surface area contributed by atoms with Crippen LogP contribution in [-0.2, 0) is 15.8 Å². The Kier molecular flexibility index (Phi) is 5.00. The van der Waals surface area contributed by atoms with Crippen molar-refractivity contribution in [2.75, 3.05) is 20.1 Å². The molecule has 0 unspecified atom stereocenters. The Balaban J connectivity index is 1.93. The Morgan fingerprint density at radius 2 is 1.84 bits per heavy atom. The second-order valence-corrected chi connectivity index (χ2v) is 7.75. The summed E-state index contributed by atoms with van der Waals surface area (Å²) in [7, 11) is -1.19. The molecule has 0 radical (unpaired) electrons. The Bertz CT molecular complexity index is 508. The molecule has 19 heavy (non-hydrogen) atoms. The van der Waals surface area contributed by atoms with Gasteiger partial charge in [-0.3, -0.25) is 0 Å². The minimum absolute atomic E-state index is 0.0482. The third-order valence-electron chi connectivity index (χ3n) is 3.33. The molecule has 0 bridgehead atoms. The highest BCUT2D eigenvalue weighted by Gasteiger charge is 2.22. The van der Waals surface area contributed by atoms with Gasteiger partial charge in [0.05, 0.1) is 5.75 Å². The SMILES string of the molecule is CN1CCC(NS(=O)(=O)Cc2ccc(Br)cc2)CC1. The first kappa shape index (κ1) is 15.0. The summed E-state index contributed by atoms with van der Waals surface area (Å²) >= 11 is 3.34. The molecule has 0 aromatic heterocycles. The quantitative estimate of drug-likeness (QED) is 0.906. The van der Waals surface area contributed by atoms with E-state index in [1.165, 1.54) is 0 Å². The molecule has 1 aliphatic heterocycles. The number of halogens is 1. The number of rotatable bonds is 4. The van der Waals surface area contributed by atoms with E-state index in [1.54, 1.807) is 0 Å². The van der Waals surface area contributed by atoms with Gasteiger partial charge in [-0.15, -0.1) is 0 Å². The Morgan fingerprint density at radius 1 is 1.26 bits per heavy atom. The van der Waals surface area contributed by atoms with E-state index in [-0.39, 0.29) is 11.8 Å². The molecule has 4 nitrogen and oxygen atoms in total. The predicted octanol–water partition coefficient (Wildman–Crippen LogP) is 1.96. The van der Waals surface area contributed by atoms with Gasteiger partial charge in [0.2, 0.25) is 10.0 Å². The van der Waals surface area contributed by atoms with Gasteiger partial charge in [-0.05, 0) is 50.7 Å². The minimum atomic E-state index is -3.25. The van der Waals surface area contributed by atoms with Crippen molar-refractivity contribution in [1.82, 2.24) is 9.62 Å². The molecule has 1 heterocycles. The van der Waals surface area contributed by atoms with Gasteiger partial charge in [0.1, 0.15) is 0 Å². The zero-order chi connectivity index (χ0) is 13.9. The second-order valence-electron chi connectivity index (χ2n) is 5.08. The number of sulfonamides is 1. The molecule has 1 aromatic carbocycles. The molecule has 1 aliphatic rings. The summed E-state index contributed by atoms with van der Waals surface area (Å²) in [6.07, 6.45) is 1.77. The topological polar surface area (TPSA) is 49.4 Å². The number of nitrogens with one attached hydrogen (secondary N) is 1. The van der Waals surface area contributed by atoms with Crippen LogP contribution in [0.2, 0.25) is 0 Å². The van der Waals surface area contributed by atoms with Crippen molar-refractivity contribution in [3.05, 3.63) is 34.3 Å². The summed E-state index contributed by atoms with van der Waals surface area (Å²) in [4.78, 5) is 2.22. The van der Waals surface area contributed by atoms with Gasteiger partial charge in [0.15, 0.2) is 0 Å². The molecular formula is C13H19BrN2O2S. The molecular weight excluding hydrogens is 328 g/mol. The summed E-state index contributed by atoms with van der Waals surface area (Å²) in [6, 6.07) is 7.47. The van der Waals surface area contributed by atoms with Crippen molar-refractivity contribution in [3.8, 4) is 0 Å². The van der Waals surface area contributed by atoms with E-state index >= 15 is 0 Å². The Hall–Kier alpha value is -0.430. The van der Waals surface area contributed by atoms with Crippen LogP contribution < -0.4 is 4.72 Å². The maximum Gasteiger partial charge on any atom is 0.216 e. The minimum Gasteiger partial charge on any atom is -0.306 e. The van der Waals surface area contributed by atoms with Crippen LogP contribution in [0.5, 0.6) is 0 Å². The number of hydrogen-bond donors (Lipinski definition) is 1. The van der Waals surface area contributed by atoms with Gasteiger partial charge in [-0.25, -0.2) is 13.1 Å². The lowest BCUT2D eigenvalue weighted by molar-refractivity contribution is 0.248. The fourth-order valence-electron chi connectivity index (χ4n) is 2.22. The van der Waals surface area contributed by atoms with Crippen molar-refractivity contribution in [2.45, 2.75) is 24.6 Å². The van der Waals surface area contributed by atoms with Gasteiger partial charge < -0.3 is 4.90 Å². The van der Waals surface area contributed by atoms with Crippen LogP contribution in [0.4, 0.5) is 0 Å². The van der Waals surface area contributed by atoms with Crippen molar-refractivity contribution in [1.29, 1.82) is 0 Å². The van der Waals surface area contributed by atoms with E-state index < -0.39 is 10.0 Å². The van der Waals surface area contributed by atoms with Gasteiger partial charge in [0.25, 0.3) is 0 Å². The number of benzene rings is 1. The van der Waals surface area contributed by atoms with Crippen LogP contribution in [0.3, 0.4) is 0 Å². The lowest BCUT2D eigenvalue weighted by atomic mass is 10.1. The lowest BCUT2D eigenvalue weighted by Crippen LogP contribution is -2.43. The van der Waals surface area contributed by atoms with Crippen molar-refractivity contribution in [3.63, 3.8) is 0 Å². The van der Waals surface area contributed by atoms with E-state index in [2.05, 4.69) is 32.6 Å². The number of hydrogen-bond acceptors (Lipinski definition) is 3. The van der Waals surface area contributed by atoms with E-state index in [1.807, 2.05) is 24.3 Å². The van der Waals surface area contributed by atoms with Crippen molar-refractivity contribution >= 4 is 26.0 Å². The molecule has 0 saturated carbocycles. The smallest absolute Gasteiger partial charge is 0.216 e. The first-order valence-corrected chi connectivity index (χ1v) is 8.82. The lowest BCUT2D eigenvalue weighted by Gasteiger charge is -2.29. The molecule has 6 heteroatoms. The maximum absolute atomic E-state index is 12.1. The molecule has 2 rings (SSSR count). The van der Waals surface area contributed by atoms with Gasteiger partial charge in [-0.2, -0.15) is 0 Å². The molecule has 0 aliphatic carbocycles. The highest BCUT2D eigenvalue weighted by Crippen LogP contribution is 2.14. The summed E-state index contributed by atoms with van der Waals surface area (Å²) in [6.45, 7) is 1.90. The number of piperidine rings is 1. The summed E-state index contributed by atoms with van der Waals surface area (Å²) in [5, 5.41) is 0. The van der Waals surface area contributed by atoms with E-state index in [4.69, 9.17) is 0 Å². The van der Waals surface area contributed by atoms with Crippen LogP contribution in [0, 0.1) is 0 Å². The zero-order valence-corrected chi connectivity index (χ0v) is 13.4. The molecule has 1 saturated heterocycles. The van der Waals surface area contributed by atoms with Crippen molar-refractivity contribution in [2.24, 2.45) is 0 Å². The fourth-order valence-corrected chi connectivity index (χ4v) is 3.94. The van der Waals surface area contributed by atoms with Crippen LogP contribution >= 0.6 is 15.9 Å². The van der Waals surface area contributed by atoms with E-state index in [0.29, 0.717) is 0 Å². The standard InChI is InChI=1S/C13H19BrN2O2S/c1-16-8-6-13(7-9-16)15-19(17,18)10-11-2-4-12(14)5-3-11/h2-5,13,15H,6-10H2,1H3. The zero-order valence-electron chi connectivity index (χ0n) is 11.0. The van der Waals surface area contributed by atoms with E-state index in [9.17, 15) is 8.42 Å². The monoisotopic (exact) mass is 346 g/mol. The fraction of sp³-hybridized carbons (Fsp3) is 0.538. The van der Waals surface area contributed by atoms with Gasteiger partial charge in [-0.1, -0.05) is 28.1 Å². The normalized spacial score (nSPS) is 18.6. The Labute approximate surface area is 123 Å². The largest absolute Gasteiger partial charge is 0.306 e. The number of likely N-dealkylation sites (tertiary alicyclic amines) is 1. The van der Waals surface area contributed by atoms with Gasteiger partial charge >= 0.3 is 0 Å². The van der Waals surface area contributed by atoms with E-state index in [0.717, 1.165) is 36.0 Å². The average molecular weight is 347 g/mol. The summed E-state index contributed by atoms with van der Waals surface area (Å²) in [5.41, 5.74) is 0.809. The van der Waals surface area contributed by atoms with Crippen LogP contribution in [0.1, 0.15) is 18.4 Å². The third-order valence-corrected chi connectivity index (χ3v) is 5.27. The van der Waals surface area contributed by atoms with Crippen molar-refractivity contribution < 1.29 is 8.42 Å². The third kappa shape index (κ3) is 4.87. The average Bonchev–Trinajstić information content (AvgIpc) is 2.34. The second kappa shape index (κ2) is 6.35. The van der Waals surface area contributed by atoms with Crippen LogP contribution in [-0.4, -0.2) is 39.5 Å². The number of nitrogens with zero attached hydrogens (tertiary/aromatic N) is 1. The molecule has 0 spiro atoms. The molecule has 1 aromatic rings. The van der Waals surface area contributed by atoms with Crippen LogP contribution in [0.15, 0.2) is 28.7 Å². The van der Waals surface area contributed by atoms with Crippen LogP contribution in [0.25, 0.3) is 0 Å². The molecule has 1 N–H and O–H groups in total. The first-order chi connectivity index (χ1) is 8.94. The Morgan fingerprint density at radius 3 is 2.42 bits per heavy atom. The first-order valence-electron chi connectivity index (χ1n) is 6.37. The van der Waals surface area contributed by atoms with Gasteiger partial charge in [0, 0.05) is 10.5 Å². The maximum atomic E-state index is 12.1. The molecule has 106 valence electrons. The predicted molar refractivity (Wildman–Crippen MR) is 80.4 cm³/mol. The molecule has 1 fully saturated rings. The summed E-state index contributed by atoms with van der Waals surface area (Å²) < 4.78 is 28.0. The summed E-state index contributed by atoms with van der Waals surface area (Å²) in [5.74, 6) is 0.0482. The molecule has 0 atom stereocenters.